The van der Waals surface area contributed by atoms with Crippen LogP contribution in [0.2, 0.25) is 0 Å². The lowest BCUT2D eigenvalue weighted by Gasteiger charge is -2.36. The van der Waals surface area contributed by atoms with Crippen molar-refractivity contribution in [2.45, 2.75) is 88.6 Å². The molecule has 192 valence electrons. The van der Waals surface area contributed by atoms with Crippen LogP contribution in [0.15, 0.2) is 24.3 Å². The fourth-order valence-corrected chi connectivity index (χ4v) is 6.28. The molecule has 2 aliphatic carbocycles. The van der Waals surface area contributed by atoms with Crippen LogP contribution in [-0.4, -0.2) is 48.4 Å². The summed E-state index contributed by atoms with van der Waals surface area (Å²) in [5.41, 5.74) is -0.153. The Morgan fingerprint density at radius 2 is 1.94 bits per heavy atom. The third-order valence-electron chi connectivity index (χ3n) is 8.14. The summed E-state index contributed by atoms with van der Waals surface area (Å²) in [4.78, 5) is 37.4. The number of likely N-dealkylation sites (N-methyl/N-ethyl adjacent to an activating group) is 1. The molecule has 4 rings (SSSR count). The molecule has 1 aromatic carbocycles. The molecule has 35 heavy (non-hydrogen) atoms. The first-order valence-corrected chi connectivity index (χ1v) is 13.2. The zero-order valence-corrected chi connectivity index (χ0v) is 21.1. The molecule has 0 unspecified atom stereocenters. The van der Waals surface area contributed by atoms with Crippen molar-refractivity contribution in [3.8, 4) is 5.75 Å². The third-order valence-corrected chi connectivity index (χ3v) is 8.14. The van der Waals surface area contributed by atoms with Crippen LogP contribution in [0, 0.1) is 17.2 Å². The Labute approximate surface area is 208 Å². The molecule has 2 saturated carbocycles. The maximum atomic E-state index is 13.3. The lowest BCUT2D eigenvalue weighted by molar-refractivity contribution is -0.178. The van der Waals surface area contributed by atoms with Crippen LogP contribution in [0.4, 0.5) is 0 Å². The van der Waals surface area contributed by atoms with Gasteiger partial charge in [-0.1, -0.05) is 51.0 Å². The van der Waals surface area contributed by atoms with Gasteiger partial charge in [-0.15, -0.1) is 0 Å². The number of amides is 2. The van der Waals surface area contributed by atoms with E-state index in [9.17, 15) is 9.59 Å². The lowest BCUT2D eigenvalue weighted by Crippen LogP contribution is -2.50. The molecule has 0 spiro atoms. The predicted molar refractivity (Wildman–Crippen MR) is 134 cm³/mol. The quantitative estimate of drug-likeness (QED) is 0.356. The smallest absolute Gasteiger partial charge is 0.254 e. The van der Waals surface area contributed by atoms with E-state index in [2.05, 4.69) is 10.6 Å². The van der Waals surface area contributed by atoms with Gasteiger partial charge in [0.1, 0.15) is 5.54 Å². The van der Waals surface area contributed by atoms with Crippen molar-refractivity contribution in [1.82, 2.24) is 15.5 Å². The summed E-state index contributed by atoms with van der Waals surface area (Å²) in [6, 6.07) is 7.01. The summed E-state index contributed by atoms with van der Waals surface area (Å²) in [6.07, 6.45) is 12.8. The van der Waals surface area contributed by atoms with Crippen molar-refractivity contribution in [2.24, 2.45) is 11.8 Å². The molecule has 8 nitrogen and oxygen atoms in total. The first-order chi connectivity index (χ1) is 16.9. The van der Waals surface area contributed by atoms with E-state index in [-0.39, 0.29) is 23.8 Å². The molecule has 8 heteroatoms. The van der Waals surface area contributed by atoms with Gasteiger partial charge in [0.15, 0.2) is 11.7 Å². The van der Waals surface area contributed by atoms with E-state index in [0.717, 1.165) is 44.9 Å². The van der Waals surface area contributed by atoms with Crippen LogP contribution < -0.4 is 15.5 Å². The van der Waals surface area contributed by atoms with Gasteiger partial charge in [0.25, 0.3) is 11.8 Å². The Kier molecular flexibility index (Phi) is 8.31. The minimum Gasteiger partial charge on any atom is -0.349 e. The number of carbonyl (C=O) groups is 2. The average molecular weight is 485 g/mol. The van der Waals surface area contributed by atoms with Crippen molar-refractivity contribution in [1.29, 1.82) is 5.41 Å². The zero-order valence-electron chi connectivity index (χ0n) is 21.1. The van der Waals surface area contributed by atoms with E-state index < -0.39 is 5.54 Å². The number of nitrogens with zero attached hydrogens (tertiary/aromatic N) is 1. The molecule has 3 fully saturated rings. The first-order valence-electron chi connectivity index (χ1n) is 13.2. The molecule has 1 aliphatic heterocycles. The fraction of sp³-hybridized carbons (Fsp3) is 0.667. The Balaban J connectivity index is 1.39. The van der Waals surface area contributed by atoms with E-state index in [1.54, 1.807) is 31.3 Å². The Hall–Kier alpha value is -2.61. The van der Waals surface area contributed by atoms with E-state index >= 15 is 0 Å². The van der Waals surface area contributed by atoms with Gasteiger partial charge in [-0.05, 0) is 62.1 Å². The minimum atomic E-state index is -0.689. The molecule has 2 amide bonds. The normalized spacial score (nSPS) is 27.5. The molecule has 0 bridgehead atoms. The fourth-order valence-electron chi connectivity index (χ4n) is 6.28. The van der Waals surface area contributed by atoms with Crippen LogP contribution in [-0.2, 0) is 9.68 Å². The number of rotatable bonds is 9. The number of hydrogen-bond donors (Lipinski definition) is 3. The lowest BCUT2D eigenvalue weighted by atomic mass is 9.74. The molecule has 1 heterocycles. The maximum absolute atomic E-state index is 13.3. The van der Waals surface area contributed by atoms with E-state index in [4.69, 9.17) is 15.2 Å². The van der Waals surface area contributed by atoms with Crippen LogP contribution in [0.1, 0.15) is 87.4 Å². The highest BCUT2D eigenvalue weighted by molar-refractivity contribution is 6.07. The summed E-state index contributed by atoms with van der Waals surface area (Å²) in [7, 11) is 3.13. The molecular weight excluding hydrogens is 444 g/mol. The van der Waals surface area contributed by atoms with Crippen molar-refractivity contribution in [2.75, 3.05) is 14.2 Å². The van der Waals surface area contributed by atoms with Gasteiger partial charge < -0.3 is 15.5 Å². The third kappa shape index (κ3) is 6.15. The first kappa shape index (κ1) is 25.5. The zero-order chi connectivity index (χ0) is 24.8. The molecular formula is C27H40N4O4. The van der Waals surface area contributed by atoms with Crippen LogP contribution in [0.25, 0.3) is 0 Å². The van der Waals surface area contributed by atoms with Crippen LogP contribution in [0.5, 0.6) is 5.75 Å². The number of carbonyl (C=O) groups excluding carboxylic acids is 2. The van der Waals surface area contributed by atoms with E-state index in [1.165, 1.54) is 44.1 Å². The molecule has 3 N–H and O–H groups in total. The van der Waals surface area contributed by atoms with Crippen molar-refractivity contribution in [3.05, 3.63) is 29.8 Å². The second-order valence-electron chi connectivity index (χ2n) is 10.6. The number of benzene rings is 1. The second kappa shape index (κ2) is 11.4. The minimum absolute atomic E-state index is 0.0272. The summed E-state index contributed by atoms with van der Waals surface area (Å²) >= 11 is 0. The highest BCUT2D eigenvalue weighted by Crippen LogP contribution is 2.38. The standard InChI is InChI=1S/C27H40N4O4/c1-31-25(33)27(30-26(31)28,15-14-19-8-4-3-5-9-19)18-20-10-6-12-22(16-20)29-24(32)21-11-7-13-23(17-21)35-34-2/h7,11,13,17,19-20,22H,3-6,8-10,12,14-16,18H2,1-2H3,(H2,28,30)(H,29,32)/t20-,22+,27+/m0/s1. The van der Waals surface area contributed by atoms with E-state index in [1.807, 2.05) is 0 Å². The highest BCUT2D eigenvalue weighted by atomic mass is 17.2. The Bertz CT molecular complexity index is 916. The van der Waals surface area contributed by atoms with Gasteiger partial charge in [0.05, 0.1) is 7.11 Å². The SMILES string of the molecule is COOc1cccc(C(=O)N[C@@H]2CCC[C@H](C[C@@]3(CCC4CCCCC4)NC(=N)N(C)C3=O)C2)c1. The van der Waals surface area contributed by atoms with Gasteiger partial charge in [-0.25, -0.2) is 0 Å². The summed E-state index contributed by atoms with van der Waals surface area (Å²) < 4.78 is 0. The Morgan fingerprint density at radius 1 is 1.17 bits per heavy atom. The van der Waals surface area contributed by atoms with Crippen LogP contribution in [0.3, 0.4) is 0 Å². The van der Waals surface area contributed by atoms with Gasteiger partial charge in [-0.3, -0.25) is 19.9 Å². The second-order valence-corrected chi connectivity index (χ2v) is 10.6. The van der Waals surface area contributed by atoms with Crippen molar-refractivity contribution in [3.63, 3.8) is 0 Å². The molecule has 3 aliphatic rings. The molecule has 0 radical (unpaired) electrons. The number of hydrogen-bond acceptors (Lipinski definition) is 5. The van der Waals surface area contributed by atoms with Gasteiger partial charge >= 0.3 is 0 Å². The van der Waals surface area contributed by atoms with Gasteiger partial charge in [0.2, 0.25) is 0 Å². The molecule has 1 saturated heterocycles. The number of nitrogens with one attached hydrogen (secondary N) is 3. The van der Waals surface area contributed by atoms with Gasteiger partial charge in [0, 0.05) is 18.7 Å². The maximum Gasteiger partial charge on any atom is 0.254 e. The van der Waals surface area contributed by atoms with Gasteiger partial charge in [-0.2, -0.15) is 4.89 Å². The summed E-state index contributed by atoms with van der Waals surface area (Å²) in [5, 5.41) is 14.8. The number of guanidine groups is 1. The molecule has 1 aromatic rings. The molecule has 3 atom stereocenters. The summed E-state index contributed by atoms with van der Waals surface area (Å²) in [6.45, 7) is 0. The topological polar surface area (TPSA) is 104 Å². The largest absolute Gasteiger partial charge is 0.349 e. The highest BCUT2D eigenvalue weighted by Gasteiger charge is 2.49. The predicted octanol–water partition coefficient (Wildman–Crippen LogP) is 4.40. The monoisotopic (exact) mass is 484 g/mol. The summed E-state index contributed by atoms with van der Waals surface area (Å²) in [5.74, 6) is 1.60. The van der Waals surface area contributed by atoms with Crippen molar-refractivity contribution < 1.29 is 19.4 Å². The average Bonchev–Trinajstić information content (AvgIpc) is 3.07. The molecule has 0 aromatic heterocycles. The van der Waals surface area contributed by atoms with E-state index in [0.29, 0.717) is 23.1 Å². The van der Waals surface area contributed by atoms with Crippen LogP contribution >= 0.6 is 0 Å². The Morgan fingerprint density at radius 3 is 2.66 bits per heavy atom. The van der Waals surface area contributed by atoms with Crippen molar-refractivity contribution >= 4 is 17.8 Å².